The molecule has 1 amide bonds. The summed E-state index contributed by atoms with van der Waals surface area (Å²) in [5, 5.41) is 1.05. The number of hydrogen-bond donors (Lipinski definition) is 2. The number of carbonyl (C=O) groups excluding carboxylic acids is 1. The van der Waals surface area contributed by atoms with E-state index in [1.165, 1.54) is 5.56 Å². The van der Waals surface area contributed by atoms with Gasteiger partial charge in [-0.05, 0) is 79.5 Å². The Labute approximate surface area is 198 Å². The highest BCUT2D eigenvalue weighted by atomic mass is 16.5. The number of H-pyrrole nitrogens is 1. The summed E-state index contributed by atoms with van der Waals surface area (Å²) in [7, 11) is 1.70. The number of aromatic nitrogens is 3. The van der Waals surface area contributed by atoms with E-state index in [0.717, 1.165) is 65.4 Å². The van der Waals surface area contributed by atoms with Crippen LogP contribution in [0.4, 0.5) is 5.82 Å². The minimum absolute atomic E-state index is 0.000113. The van der Waals surface area contributed by atoms with E-state index >= 15 is 0 Å². The van der Waals surface area contributed by atoms with Crippen LogP contribution in [0.3, 0.4) is 0 Å². The van der Waals surface area contributed by atoms with Crippen molar-refractivity contribution in [1.82, 2.24) is 19.9 Å². The number of aryl methyl sites for hydroxylation is 1. The third-order valence-electron chi connectivity index (χ3n) is 7.26. The number of pyridine rings is 1. The lowest BCUT2D eigenvalue weighted by Crippen LogP contribution is -2.44. The van der Waals surface area contributed by atoms with Crippen molar-refractivity contribution in [2.75, 3.05) is 19.5 Å². The Morgan fingerprint density at radius 3 is 2.76 bits per heavy atom. The molecule has 0 saturated heterocycles. The Kier molecular flexibility index (Phi) is 5.21. The first-order valence-corrected chi connectivity index (χ1v) is 12.1. The molecule has 0 aliphatic heterocycles. The number of imidazole rings is 1. The van der Waals surface area contributed by atoms with Crippen LogP contribution in [0, 0.1) is 5.92 Å². The van der Waals surface area contributed by atoms with Gasteiger partial charge in [-0.15, -0.1) is 0 Å². The lowest BCUT2D eigenvalue weighted by atomic mass is 10.0. The number of nitrogens with two attached hydrogens (primary N) is 1. The number of fused-ring (bicyclic) bond motifs is 4. The normalized spacial score (nSPS) is 16.1. The van der Waals surface area contributed by atoms with Crippen LogP contribution in [0.2, 0.25) is 0 Å². The molecule has 34 heavy (non-hydrogen) atoms. The van der Waals surface area contributed by atoms with Gasteiger partial charge in [-0.1, -0.05) is 12.1 Å². The molecule has 4 aromatic rings. The van der Waals surface area contributed by atoms with E-state index in [9.17, 15) is 4.79 Å². The van der Waals surface area contributed by atoms with Crippen LogP contribution in [-0.2, 0) is 24.1 Å². The van der Waals surface area contributed by atoms with E-state index in [1.807, 2.05) is 47.4 Å². The number of carbonyl (C=O) groups is 1. The van der Waals surface area contributed by atoms with Crippen LogP contribution in [0.5, 0.6) is 0 Å². The minimum atomic E-state index is -0.000113. The quantitative estimate of drug-likeness (QED) is 0.434. The van der Waals surface area contributed by atoms with E-state index in [0.29, 0.717) is 30.5 Å². The molecule has 0 bridgehead atoms. The van der Waals surface area contributed by atoms with Crippen molar-refractivity contribution in [2.24, 2.45) is 5.92 Å². The Bertz CT molecular complexity index is 1360. The number of ether oxygens (including phenoxy) is 1. The third kappa shape index (κ3) is 3.70. The second kappa shape index (κ2) is 8.40. The lowest BCUT2D eigenvalue weighted by Gasteiger charge is -2.31. The summed E-state index contributed by atoms with van der Waals surface area (Å²) in [5.74, 6) is 1.87. The molecule has 1 fully saturated rings. The molecule has 2 aromatic heterocycles. The van der Waals surface area contributed by atoms with Crippen molar-refractivity contribution in [3.8, 4) is 0 Å². The van der Waals surface area contributed by atoms with Crippen molar-refractivity contribution in [3.63, 3.8) is 0 Å². The molecule has 3 N–H and O–H groups in total. The van der Waals surface area contributed by atoms with Gasteiger partial charge in [0.1, 0.15) is 11.6 Å². The highest BCUT2D eigenvalue weighted by molar-refractivity contribution is 5.99. The van der Waals surface area contributed by atoms with Crippen LogP contribution in [0.1, 0.15) is 46.6 Å². The molecule has 174 valence electrons. The fourth-order valence-corrected chi connectivity index (χ4v) is 5.41. The molecule has 6 rings (SSSR count). The maximum atomic E-state index is 14.0. The van der Waals surface area contributed by atoms with E-state index in [1.54, 1.807) is 7.11 Å². The SMILES string of the molecule is COCC(C1CC1)N(Cc1nc2ccccc2[nH]1)C(=O)c1ccc2nc(N)c3c(c2c1)CCC3. The number of benzene rings is 2. The first-order valence-electron chi connectivity index (χ1n) is 12.1. The van der Waals surface area contributed by atoms with Crippen LogP contribution >= 0.6 is 0 Å². The Hall–Kier alpha value is -3.45. The highest BCUT2D eigenvalue weighted by Gasteiger charge is 2.38. The molecule has 7 heteroatoms. The van der Waals surface area contributed by atoms with Crippen LogP contribution in [-0.4, -0.2) is 45.5 Å². The number of rotatable bonds is 7. The molecule has 7 nitrogen and oxygen atoms in total. The number of aromatic amines is 1. The standard InChI is InChI=1S/C27H29N5O2/c1-34-15-24(16-9-10-16)32(14-25-29-22-7-2-3-8-23(22)30-25)27(33)17-11-12-21-20(13-17)18-5-4-6-19(18)26(28)31-21/h2-3,7-8,11-13,16,24H,4-6,9-10,14-15H2,1H3,(H2,28,31)(H,29,30). The number of nitrogen functional groups attached to an aromatic ring is 1. The fourth-order valence-electron chi connectivity index (χ4n) is 5.41. The Morgan fingerprint density at radius 2 is 1.97 bits per heavy atom. The second-order valence-corrected chi connectivity index (χ2v) is 9.53. The maximum Gasteiger partial charge on any atom is 0.254 e. The molecule has 1 saturated carbocycles. The van der Waals surface area contributed by atoms with E-state index < -0.39 is 0 Å². The van der Waals surface area contributed by atoms with Gasteiger partial charge in [0.15, 0.2) is 0 Å². The molecule has 2 heterocycles. The third-order valence-corrected chi connectivity index (χ3v) is 7.26. The van der Waals surface area contributed by atoms with Crippen molar-refractivity contribution in [3.05, 3.63) is 65.0 Å². The average molecular weight is 456 g/mol. The zero-order valence-corrected chi connectivity index (χ0v) is 19.4. The molecule has 1 atom stereocenters. The first kappa shape index (κ1) is 21.1. The number of amides is 1. The van der Waals surface area contributed by atoms with Crippen LogP contribution in [0.15, 0.2) is 42.5 Å². The van der Waals surface area contributed by atoms with Gasteiger partial charge in [-0.3, -0.25) is 4.79 Å². The summed E-state index contributed by atoms with van der Waals surface area (Å²) in [6, 6.07) is 13.8. The lowest BCUT2D eigenvalue weighted by molar-refractivity contribution is 0.0451. The van der Waals surface area contributed by atoms with Gasteiger partial charge in [-0.2, -0.15) is 0 Å². The molecule has 2 aliphatic rings. The van der Waals surface area contributed by atoms with Gasteiger partial charge >= 0.3 is 0 Å². The largest absolute Gasteiger partial charge is 0.383 e. The molecule has 0 radical (unpaired) electrons. The van der Waals surface area contributed by atoms with E-state index in [2.05, 4.69) is 9.97 Å². The summed E-state index contributed by atoms with van der Waals surface area (Å²) < 4.78 is 5.56. The average Bonchev–Trinajstić information content (AvgIpc) is 3.40. The summed E-state index contributed by atoms with van der Waals surface area (Å²) in [6.45, 7) is 0.922. The number of hydrogen-bond acceptors (Lipinski definition) is 5. The summed E-state index contributed by atoms with van der Waals surface area (Å²) in [6.07, 6.45) is 5.25. The maximum absolute atomic E-state index is 14.0. The number of methoxy groups -OCH3 is 1. The van der Waals surface area contributed by atoms with Gasteiger partial charge in [0.25, 0.3) is 5.91 Å². The second-order valence-electron chi connectivity index (χ2n) is 9.53. The number of para-hydroxylation sites is 2. The predicted octanol–water partition coefficient (Wildman–Crippen LogP) is 4.25. The van der Waals surface area contributed by atoms with Crippen LogP contribution in [0.25, 0.3) is 21.9 Å². The van der Waals surface area contributed by atoms with E-state index in [-0.39, 0.29) is 11.9 Å². The van der Waals surface area contributed by atoms with E-state index in [4.69, 9.17) is 15.5 Å². The topological polar surface area (TPSA) is 97.1 Å². The fraction of sp³-hybridized carbons (Fsp3) is 0.370. The number of anilines is 1. The molecular formula is C27H29N5O2. The van der Waals surface area contributed by atoms with Crippen molar-refractivity contribution in [2.45, 2.75) is 44.7 Å². The monoisotopic (exact) mass is 455 g/mol. The number of nitrogens with zero attached hydrogens (tertiary/aromatic N) is 3. The van der Waals surface area contributed by atoms with Gasteiger partial charge in [0.05, 0.1) is 35.7 Å². The van der Waals surface area contributed by atoms with Crippen molar-refractivity contribution in [1.29, 1.82) is 0 Å². The van der Waals surface area contributed by atoms with Crippen molar-refractivity contribution < 1.29 is 9.53 Å². The van der Waals surface area contributed by atoms with Gasteiger partial charge in [-0.25, -0.2) is 9.97 Å². The first-order chi connectivity index (χ1) is 16.6. The Balaban J connectivity index is 1.39. The van der Waals surface area contributed by atoms with Gasteiger partial charge in [0.2, 0.25) is 0 Å². The number of nitrogens with one attached hydrogen (secondary N) is 1. The van der Waals surface area contributed by atoms with Crippen LogP contribution < -0.4 is 5.73 Å². The molecular weight excluding hydrogens is 426 g/mol. The predicted molar refractivity (Wildman–Crippen MR) is 133 cm³/mol. The molecule has 2 aliphatic carbocycles. The molecule has 0 spiro atoms. The summed E-state index contributed by atoms with van der Waals surface area (Å²) in [4.78, 5) is 28.7. The zero-order chi connectivity index (χ0) is 23.2. The molecule has 2 aromatic carbocycles. The zero-order valence-electron chi connectivity index (χ0n) is 19.4. The molecule has 1 unspecified atom stereocenters. The summed E-state index contributed by atoms with van der Waals surface area (Å²) >= 11 is 0. The summed E-state index contributed by atoms with van der Waals surface area (Å²) in [5.41, 5.74) is 12.0. The van der Waals surface area contributed by atoms with Gasteiger partial charge < -0.3 is 20.4 Å². The minimum Gasteiger partial charge on any atom is -0.383 e. The van der Waals surface area contributed by atoms with Gasteiger partial charge in [0, 0.05) is 18.1 Å². The van der Waals surface area contributed by atoms with Crippen molar-refractivity contribution >= 4 is 33.7 Å². The highest BCUT2D eigenvalue weighted by Crippen LogP contribution is 2.37. The smallest absolute Gasteiger partial charge is 0.254 e. The Morgan fingerprint density at radius 1 is 1.15 bits per heavy atom.